The van der Waals surface area contributed by atoms with Crippen LogP contribution in [0.5, 0.6) is 0 Å². The second-order valence-corrected chi connectivity index (χ2v) is 5.62. The van der Waals surface area contributed by atoms with E-state index in [1.165, 1.54) is 0 Å². The maximum Gasteiger partial charge on any atom is 0.224 e. The van der Waals surface area contributed by atoms with E-state index in [0.29, 0.717) is 13.0 Å². The number of carbonyl (C=O) groups is 1. The first-order valence-corrected chi connectivity index (χ1v) is 7.71. The van der Waals surface area contributed by atoms with Crippen molar-refractivity contribution in [3.8, 4) is 0 Å². The van der Waals surface area contributed by atoms with Gasteiger partial charge in [0.1, 0.15) is 5.82 Å². The highest BCUT2D eigenvalue weighted by Crippen LogP contribution is 2.20. The van der Waals surface area contributed by atoms with Gasteiger partial charge in [-0.2, -0.15) is 0 Å². The molecular weight excluding hydrogens is 264 g/mol. The highest BCUT2D eigenvalue weighted by Gasteiger charge is 2.18. The zero-order valence-electron chi connectivity index (χ0n) is 12.5. The molecule has 5 heteroatoms. The molecule has 3 rings (SSSR count). The van der Waals surface area contributed by atoms with Gasteiger partial charge >= 0.3 is 0 Å². The van der Waals surface area contributed by atoms with Crippen LogP contribution in [0.15, 0.2) is 18.2 Å². The molecule has 1 aliphatic heterocycles. The number of benzene rings is 1. The van der Waals surface area contributed by atoms with Gasteiger partial charge in [0.15, 0.2) is 0 Å². The Balaban J connectivity index is 1.80. The van der Waals surface area contributed by atoms with Crippen LogP contribution in [0.2, 0.25) is 0 Å². The lowest BCUT2D eigenvalue weighted by atomic mass is 10.2. The van der Waals surface area contributed by atoms with Crippen LogP contribution in [0.25, 0.3) is 11.0 Å². The number of likely N-dealkylation sites (tertiary alicyclic amines) is 1. The number of amides is 1. The summed E-state index contributed by atoms with van der Waals surface area (Å²) in [5, 5.41) is 0. The Morgan fingerprint density at radius 1 is 1.33 bits per heavy atom. The predicted molar refractivity (Wildman–Crippen MR) is 84.0 cm³/mol. The summed E-state index contributed by atoms with van der Waals surface area (Å²) in [5.41, 5.74) is 8.53. The minimum absolute atomic E-state index is 0.256. The predicted octanol–water partition coefficient (Wildman–Crippen LogP) is 2.19. The normalized spacial score (nSPS) is 15.0. The fourth-order valence-electron chi connectivity index (χ4n) is 3.05. The van der Waals surface area contributed by atoms with Crippen LogP contribution in [-0.2, 0) is 17.8 Å². The number of carbonyl (C=O) groups excluding carboxylic acids is 1. The van der Waals surface area contributed by atoms with Crippen LogP contribution in [0.1, 0.15) is 32.0 Å². The van der Waals surface area contributed by atoms with Crippen LogP contribution >= 0.6 is 0 Å². The Kier molecular flexibility index (Phi) is 3.82. The average Bonchev–Trinajstić information content (AvgIpc) is 3.11. The van der Waals surface area contributed by atoms with E-state index in [1.54, 1.807) is 0 Å². The average molecular weight is 286 g/mol. The molecule has 0 radical (unpaired) electrons. The van der Waals surface area contributed by atoms with Gasteiger partial charge in [0.25, 0.3) is 0 Å². The van der Waals surface area contributed by atoms with E-state index in [-0.39, 0.29) is 5.91 Å². The molecule has 1 aromatic carbocycles. The lowest BCUT2D eigenvalue weighted by molar-refractivity contribution is -0.130. The van der Waals surface area contributed by atoms with Gasteiger partial charge in [-0.15, -0.1) is 0 Å². The number of imidazole rings is 1. The molecule has 1 aromatic heterocycles. The number of anilines is 1. The van der Waals surface area contributed by atoms with Crippen molar-refractivity contribution in [1.29, 1.82) is 0 Å². The topological polar surface area (TPSA) is 64.1 Å². The molecule has 1 saturated heterocycles. The molecule has 0 atom stereocenters. The molecule has 0 saturated carbocycles. The van der Waals surface area contributed by atoms with Gasteiger partial charge in [-0.3, -0.25) is 4.79 Å². The van der Waals surface area contributed by atoms with Crippen LogP contribution in [0.3, 0.4) is 0 Å². The molecule has 0 spiro atoms. The SMILES string of the molecule is CCc1nc2cc(N)ccc2n1CCC(=O)N1CCCC1. The lowest BCUT2D eigenvalue weighted by Gasteiger charge is -2.16. The molecule has 1 fully saturated rings. The molecule has 0 unspecified atom stereocenters. The number of aryl methyl sites for hydroxylation is 2. The molecule has 0 aliphatic carbocycles. The number of fused-ring (bicyclic) bond motifs is 1. The zero-order valence-corrected chi connectivity index (χ0v) is 12.5. The first-order chi connectivity index (χ1) is 10.2. The molecule has 5 nitrogen and oxygen atoms in total. The summed E-state index contributed by atoms with van der Waals surface area (Å²) in [6, 6.07) is 5.78. The summed E-state index contributed by atoms with van der Waals surface area (Å²) in [7, 11) is 0. The van der Waals surface area contributed by atoms with Crippen molar-refractivity contribution >= 4 is 22.6 Å². The maximum absolute atomic E-state index is 12.2. The molecule has 1 aliphatic rings. The summed E-state index contributed by atoms with van der Waals surface area (Å²) in [4.78, 5) is 18.8. The summed E-state index contributed by atoms with van der Waals surface area (Å²) in [5.74, 6) is 1.27. The molecule has 21 heavy (non-hydrogen) atoms. The van der Waals surface area contributed by atoms with E-state index >= 15 is 0 Å². The van der Waals surface area contributed by atoms with Gasteiger partial charge < -0.3 is 15.2 Å². The van der Waals surface area contributed by atoms with Crippen molar-refractivity contribution in [2.24, 2.45) is 0 Å². The van der Waals surface area contributed by atoms with Crippen LogP contribution in [-0.4, -0.2) is 33.4 Å². The van der Waals surface area contributed by atoms with Crippen molar-refractivity contribution < 1.29 is 4.79 Å². The largest absolute Gasteiger partial charge is 0.399 e. The highest BCUT2D eigenvalue weighted by molar-refractivity contribution is 5.80. The van der Waals surface area contributed by atoms with Gasteiger partial charge in [-0.1, -0.05) is 6.92 Å². The zero-order chi connectivity index (χ0) is 14.8. The van der Waals surface area contributed by atoms with Crippen LogP contribution in [0.4, 0.5) is 5.69 Å². The van der Waals surface area contributed by atoms with Gasteiger partial charge in [0.05, 0.1) is 11.0 Å². The summed E-state index contributed by atoms with van der Waals surface area (Å²) < 4.78 is 2.16. The van der Waals surface area contributed by atoms with Gasteiger partial charge in [-0.25, -0.2) is 4.98 Å². The van der Waals surface area contributed by atoms with Gasteiger partial charge in [0, 0.05) is 38.2 Å². The van der Waals surface area contributed by atoms with Crippen molar-refractivity contribution in [2.75, 3.05) is 18.8 Å². The number of hydrogen-bond donors (Lipinski definition) is 1. The third kappa shape index (κ3) is 2.73. The highest BCUT2D eigenvalue weighted by atomic mass is 16.2. The number of nitrogens with two attached hydrogens (primary N) is 1. The maximum atomic E-state index is 12.2. The second-order valence-electron chi connectivity index (χ2n) is 5.62. The molecular formula is C16H22N4O. The minimum Gasteiger partial charge on any atom is -0.399 e. The van der Waals surface area contributed by atoms with Gasteiger partial charge in [0.2, 0.25) is 5.91 Å². The minimum atomic E-state index is 0.256. The number of rotatable bonds is 4. The molecule has 2 heterocycles. The van der Waals surface area contributed by atoms with E-state index in [4.69, 9.17) is 5.73 Å². The van der Waals surface area contributed by atoms with Crippen molar-refractivity contribution in [1.82, 2.24) is 14.5 Å². The van der Waals surface area contributed by atoms with Crippen molar-refractivity contribution in [2.45, 2.75) is 39.2 Å². The molecule has 2 aromatic rings. The number of nitrogen functional groups attached to an aromatic ring is 1. The van der Waals surface area contributed by atoms with Crippen molar-refractivity contribution in [3.05, 3.63) is 24.0 Å². The van der Waals surface area contributed by atoms with E-state index in [1.807, 2.05) is 23.1 Å². The molecule has 1 amide bonds. The quantitative estimate of drug-likeness (QED) is 0.876. The number of nitrogens with zero attached hydrogens (tertiary/aromatic N) is 3. The Morgan fingerprint density at radius 2 is 2.10 bits per heavy atom. The number of hydrogen-bond acceptors (Lipinski definition) is 3. The molecule has 0 bridgehead atoms. The molecule has 112 valence electrons. The third-order valence-corrected chi connectivity index (χ3v) is 4.18. The molecule has 2 N–H and O–H groups in total. The monoisotopic (exact) mass is 286 g/mol. The van der Waals surface area contributed by atoms with Crippen LogP contribution < -0.4 is 5.73 Å². The summed E-state index contributed by atoms with van der Waals surface area (Å²) in [6.07, 6.45) is 3.67. The summed E-state index contributed by atoms with van der Waals surface area (Å²) in [6.45, 7) is 4.61. The number of aromatic nitrogens is 2. The fraction of sp³-hybridized carbons (Fsp3) is 0.500. The Labute approximate surface area is 124 Å². The first kappa shape index (κ1) is 13.9. The first-order valence-electron chi connectivity index (χ1n) is 7.71. The Morgan fingerprint density at radius 3 is 2.81 bits per heavy atom. The fourth-order valence-corrected chi connectivity index (χ4v) is 3.05. The Bertz CT molecular complexity index is 656. The Hall–Kier alpha value is -2.04. The van der Waals surface area contributed by atoms with Crippen molar-refractivity contribution in [3.63, 3.8) is 0 Å². The lowest BCUT2D eigenvalue weighted by Crippen LogP contribution is -2.28. The van der Waals surface area contributed by atoms with E-state index < -0.39 is 0 Å². The van der Waals surface area contributed by atoms with Crippen LogP contribution in [0, 0.1) is 0 Å². The smallest absolute Gasteiger partial charge is 0.224 e. The standard InChI is InChI=1S/C16H22N4O/c1-2-15-18-13-11-12(17)5-6-14(13)20(15)10-7-16(21)19-8-3-4-9-19/h5-6,11H,2-4,7-10,17H2,1H3. The van der Waals surface area contributed by atoms with E-state index in [2.05, 4.69) is 16.5 Å². The summed E-state index contributed by atoms with van der Waals surface area (Å²) >= 11 is 0. The van der Waals surface area contributed by atoms with E-state index in [9.17, 15) is 4.79 Å². The van der Waals surface area contributed by atoms with Gasteiger partial charge in [-0.05, 0) is 31.0 Å². The van der Waals surface area contributed by atoms with E-state index in [0.717, 1.165) is 54.9 Å². The second kappa shape index (κ2) is 5.76. The third-order valence-electron chi connectivity index (χ3n) is 4.18.